The minimum atomic E-state index is -0.774. The number of hydrogen-bond donors (Lipinski definition) is 3. The van der Waals surface area contributed by atoms with Crippen LogP contribution in [0.1, 0.15) is 11.8 Å². The fourth-order valence-corrected chi connectivity index (χ4v) is 2.37. The number of aliphatic hydroxyl groups excluding tert-OH is 1. The Bertz CT molecular complexity index is 453. The number of nitrogens with one attached hydrogen (secondary N) is 1. The molecule has 1 saturated heterocycles. The predicted molar refractivity (Wildman–Crippen MR) is 56.4 cm³/mol. The van der Waals surface area contributed by atoms with E-state index in [-0.39, 0.29) is 12.3 Å². The normalized spacial score (nSPS) is 24.9. The highest BCUT2D eigenvalue weighted by atomic mass is 32.2. The number of nitrogens with two attached hydrogens (primary N) is 1. The summed E-state index contributed by atoms with van der Waals surface area (Å²) in [7, 11) is 0. The molecule has 16 heavy (non-hydrogen) atoms. The zero-order valence-corrected chi connectivity index (χ0v) is 8.96. The van der Waals surface area contributed by atoms with Crippen molar-refractivity contribution in [1.29, 1.82) is 0 Å². The third-order valence-electron chi connectivity index (χ3n) is 2.15. The maximum absolute atomic E-state index is 13.6. The van der Waals surface area contributed by atoms with Gasteiger partial charge in [0.2, 0.25) is 0 Å². The van der Waals surface area contributed by atoms with Crippen LogP contribution in [-0.4, -0.2) is 32.9 Å². The first kappa shape index (κ1) is 11.4. The number of thioether (sulfide) groups is 1. The summed E-state index contributed by atoms with van der Waals surface area (Å²) in [4.78, 5) is 16.5. The van der Waals surface area contributed by atoms with E-state index in [0.717, 1.165) is 0 Å². The quantitative estimate of drug-likeness (QED) is 0.658. The van der Waals surface area contributed by atoms with Crippen LogP contribution in [0.5, 0.6) is 0 Å². The lowest BCUT2D eigenvalue weighted by Crippen LogP contribution is -2.21. The van der Waals surface area contributed by atoms with E-state index in [0.29, 0.717) is 5.75 Å². The number of nitrogen functional groups attached to an aromatic ring is 1. The first-order valence-corrected chi connectivity index (χ1v) is 5.59. The highest BCUT2D eigenvalue weighted by Gasteiger charge is 2.30. The molecule has 0 amide bonds. The van der Waals surface area contributed by atoms with Crippen molar-refractivity contribution >= 4 is 17.6 Å². The summed E-state index contributed by atoms with van der Waals surface area (Å²) < 4.78 is 18.9. The van der Waals surface area contributed by atoms with Gasteiger partial charge in [0.15, 0.2) is 11.6 Å². The van der Waals surface area contributed by atoms with E-state index in [4.69, 9.17) is 15.6 Å². The van der Waals surface area contributed by atoms with Gasteiger partial charge in [0.1, 0.15) is 11.5 Å². The Labute approximate surface area is 94.0 Å². The third kappa shape index (κ3) is 2.04. The van der Waals surface area contributed by atoms with Crippen LogP contribution < -0.4 is 11.4 Å². The van der Waals surface area contributed by atoms with E-state index in [1.807, 2.05) is 0 Å². The minimum absolute atomic E-state index is 0.0130. The second-order valence-electron chi connectivity index (χ2n) is 3.23. The van der Waals surface area contributed by atoms with Crippen molar-refractivity contribution in [3.63, 3.8) is 0 Å². The molecule has 0 saturated carbocycles. The van der Waals surface area contributed by atoms with Crippen LogP contribution in [0.2, 0.25) is 0 Å². The van der Waals surface area contributed by atoms with Crippen LogP contribution >= 0.6 is 11.8 Å². The summed E-state index contributed by atoms with van der Waals surface area (Å²) in [6.45, 7) is -0.159. The van der Waals surface area contributed by atoms with Crippen molar-refractivity contribution in [2.75, 3.05) is 18.1 Å². The molecule has 2 rings (SSSR count). The highest BCUT2D eigenvalue weighted by molar-refractivity contribution is 8.00. The molecule has 0 radical (unpaired) electrons. The van der Waals surface area contributed by atoms with Crippen LogP contribution in [0.25, 0.3) is 0 Å². The van der Waals surface area contributed by atoms with Gasteiger partial charge in [0.25, 0.3) is 0 Å². The molecular formula is C8H10FN3O3S. The zero-order valence-electron chi connectivity index (χ0n) is 8.14. The molecule has 0 aliphatic carbocycles. The maximum Gasteiger partial charge on any atom is 0.347 e. The molecule has 2 atom stereocenters. The number of H-pyrrole nitrogens is 1. The molecule has 2 heterocycles. The van der Waals surface area contributed by atoms with Gasteiger partial charge in [-0.3, -0.25) is 0 Å². The molecular weight excluding hydrogens is 237 g/mol. The smallest absolute Gasteiger partial charge is 0.347 e. The van der Waals surface area contributed by atoms with E-state index < -0.39 is 28.9 Å². The number of anilines is 1. The van der Waals surface area contributed by atoms with Gasteiger partial charge in [-0.15, -0.1) is 11.8 Å². The van der Waals surface area contributed by atoms with E-state index in [9.17, 15) is 9.18 Å². The number of hydrogen-bond acceptors (Lipinski definition) is 6. The fourth-order valence-electron chi connectivity index (χ4n) is 1.42. The number of halogens is 1. The van der Waals surface area contributed by atoms with Crippen molar-refractivity contribution in [2.24, 2.45) is 0 Å². The number of aliphatic hydroxyl groups is 1. The van der Waals surface area contributed by atoms with Crippen LogP contribution in [0.4, 0.5) is 10.2 Å². The van der Waals surface area contributed by atoms with Crippen LogP contribution in [-0.2, 0) is 4.74 Å². The predicted octanol–water partition coefficient (Wildman–Crippen LogP) is -0.386. The van der Waals surface area contributed by atoms with Crippen molar-refractivity contribution in [1.82, 2.24) is 9.97 Å². The van der Waals surface area contributed by atoms with E-state index in [1.54, 1.807) is 0 Å². The maximum atomic E-state index is 13.6. The molecule has 1 aliphatic heterocycles. The molecule has 1 fully saturated rings. The molecule has 8 heteroatoms. The molecule has 88 valence electrons. The first-order chi connectivity index (χ1) is 7.61. The van der Waals surface area contributed by atoms with Gasteiger partial charge in [-0.2, -0.15) is 4.98 Å². The van der Waals surface area contributed by atoms with Crippen molar-refractivity contribution in [3.8, 4) is 0 Å². The van der Waals surface area contributed by atoms with Crippen molar-refractivity contribution < 1.29 is 14.2 Å². The van der Waals surface area contributed by atoms with Gasteiger partial charge < -0.3 is 20.6 Å². The molecule has 0 unspecified atom stereocenters. The van der Waals surface area contributed by atoms with Crippen molar-refractivity contribution in [3.05, 3.63) is 22.0 Å². The third-order valence-corrected chi connectivity index (χ3v) is 3.27. The Morgan fingerprint density at radius 3 is 3.12 bits per heavy atom. The van der Waals surface area contributed by atoms with Crippen LogP contribution in [0.3, 0.4) is 0 Å². The van der Waals surface area contributed by atoms with Gasteiger partial charge in [-0.25, -0.2) is 9.18 Å². The number of rotatable bonds is 2. The summed E-state index contributed by atoms with van der Waals surface area (Å²) >= 11 is 1.34. The Morgan fingerprint density at radius 2 is 2.50 bits per heavy atom. The zero-order chi connectivity index (χ0) is 11.7. The minimum Gasteiger partial charge on any atom is -0.393 e. The molecule has 6 nitrogen and oxygen atoms in total. The Morgan fingerprint density at radius 1 is 1.75 bits per heavy atom. The second-order valence-corrected chi connectivity index (χ2v) is 4.42. The molecule has 1 aromatic heterocycles. The molecule has 4 N–H and O–H groups in total. The van der Waals surface area contributed by atoms with Crippen LogP contribution in [0.15, 0.2) is 4.79 Å². The molecule has 0 aromatic carbocycles. The second kappa shape index (κ2) is 4.40. The summed E-state index contributed by atoms with van der Waals surface area (Å²) in [5.41, 5.74) is 4.11. The number of nitrogens with zero attached hydrogens (tertiary/aromatic N) is 1. The molecule has 1 aliphatic rings. The Hall–Kier alpha value is -1.12. The average Bonchev–Trinajstić information content (AvgIpc) is 2.71. The number of aromatic amines is 1. The number of aromatic nitrogens is 2. The van der Waals surface area contributed by atoms with Gasteiger partial charge >= 0.3 is 5.69 Å². The van der Waals surface area contributed by atoms with Gasteiger partial charge in [-0.1, -0.05) is 0 Å². The molecule has 0 spiro atoms. The van der Waals surface area contributed by atoms with E-state index in [1.165, 1.54) is 11.8 Å². The molecule has 0 bridgehead atoms. The lowest BCUT2D eigenvalue weighted by molar-refractivity contribution is 0.0303. The lowest BCUT2D eigenvalue weighted by atomic mass is 10.2. The summed E-state index contributed by atoms with van der Waals surface area (Å²) in [6, 6.07) is 0. The van der Waals surface area contributed by atoms with E-state index in [2.05, 4.69) is 9.97 Å². The SMILES string of the molecule is Nc1nc(=O)[nH]c([C@H]2CS[C@@H](CO)O2)c1F. The Balaban J connectivity index is 2.31. The monoisotopic (exact) mass is 247 g/mol. The highest BCUT2D eigenvalue weighted by Crippen LogP contribution is 2.35. The van der Waals surface area contributed by atoms with Gasteiger partial charge in [0, 0.05) is 5.75 Å². The summed E-state index contributed by atoms with van der Waals surface area (Å²) in [6.07, 6.45) is -0.611. The summed E-state index contributed by atoms with van der Waals surface area (Å²) in [5, 5.41) is 8.86. The lowest BCUT2D eigenvalue weighted by Gasteiger charge is -2.11. The van der Waals surface area contributed by atoms with Crippen molar-refractivity contribution in [2.45, 2.75) is 11.5 Å². The molecule has 1 aromatic rings. The summed E-state index contributed by atoms with van der Waals surface area (Å²) in [5.74, 6) is -0.773. The average molecular weight is 247 g/mol. The standard InChI is InChI=1S/C8H10FN3O3S/c9-5-6(11-8(14)12-7(5)10)3-2-16-4(1-13)15-3/h3-4,13H,1-2H2,(H3,10,11,12,14)/t3-,4+/m1/s1. The topological polar surface area (TPSA) is 101 Å². The van der Waals surface area contributed by atoms with Crippen LogP contribution in [0, 0.1) is 5.82 Å². The van der Waals surface area contributed by atoms with Gasteiger partial charge in [0.05, 0.1) is 12.3 Å². The largest absolute Gasteiger partial charge is 0.393 e. The Kier molecular flexibility index (Phi) is 3.13. The van der Waals surface area contributed by atoms with Gasteiger partial charge in [-0.05, 0) is 0 Å². The fraction of sp³-hybridized carbons (Fsp3) is 0.500. The number of ether oxygens (including phenoxy) is 1. The van der Waals surface area contributed by atoms with E-state index >= 15 is 0 Å². The first-order valence-electron chi connectivity index (χ1n) is 4.55.